The molecular formula is C13H11NO2S2. The molecule has 2 heterocycles. The van der Waals surface area contributed by atoms with Gasteiger partial charge < -0.3 is 5.32 Å². The van der Waals surface area contributed by atoms with Crippen molar-refractivity contribution in [3.05, 3.63) is 44.3 Å². The van der Waals surface area contributed by atoms with Gasteiger partial charge >= 0.3 is 0 Å². The van der Waals surface area contributed by atoms with Crippen LogP contribution in [0.2, 0.25) is 0 Å². The Morgan fingerprint density at radius 1 is 1.28 bits per heavy atom. The van der Waals surface area contributed by atoms with E-state index in [1.807, 2.05) is 22.9 Å². The third-order valence-corrected chi connectivity index (χ3v) is 4.89. The molecule has 2 aromatic heterocycles. The van der Waals surface area contributed by atoms with Gasteiger partial charge in [-0.2, -0.15) is 0 Å². The predicted molar refractivity (Wildman–Crippen MR) is 72.5 cm³/mol. The van der Waals surface area contributed by atoms with Crippen LogP contribution in [0.15, 0.2) is 29.0 Å². The van der Waals surface area contributed by atoms with Crippen molar-refractivity contribution in [1.29, 1.82) is 0 Å². The standard InChI is InChI=1S/C13H11NO2S2/c15-12-8-5-7-18-10(8)4-3-9(12)14-13(16)11-2-1-6-17-11/h1-2,5-7,9H,3-4H2,(H,14,16). The molecule has 1 aliphatic carbocycles. The second-order valence-corrected chi connectivity index (χ2v) is 6.11. The Bertz CT molecular complexity index is 586. The van der Waals surface area contributed by atoms with Gasteiger partial charge in [0, 0.05) is 10.4 Å². The third kappa shape index (κ3) is 2.00. The molecule has 0 spiro atoms. The number of nitrogens with one attached hydrogen (secondary N) is 1. The Morgan fingerprint density at radius 3 is 2.94 bits per heavy atom. The zero-order chi connectivity index (χ0) is 12.5. The number of hydrogen-bond acceptors (Lipinski definition) is 4. The van der Waals surface area contributed by atoms with E-state index in [2.05, 4.69) is 5.32 Å². The highest BCUT2D eigenvalue weighted by Gasteiger charge is 2.29. The molecule has 0 fully saturated rings. The van der Waals surface area contributed by atoms with E-state index in [0.29, 0.717) is 11.3 Å². The minimum absolute atomic E-state index is 0.0439. The molecule has 1 N–H and O–H groups in total. The maximum absolute atomic E-state index is 12.2. The van der Waals surface area contributed by atoms with E-state index in [1.165, 1.54) is 11.3 Å². The zero-order valence-corrected chi connectivity index (χ0v) is 11.1. The first kappa shape index (κ1) is 11.6. The number of thiophene rings is 2. The molecular weight excluding hydrogens is 266 g/mol. The van der Waals surface area contributed by atoms with Gasteiger partial charge in [-0.15, -0.1) is 22.7 Å². The SMILES string of the molecule is O=C(NC1CCc2sccc2C1=O)c1cccs1. The summed E-state index contributed by atoms with van der Waals surface area (Å²) in [5.41, 5.74) is 0.780. The van der Waals surface area contributed by atoms with Crippen molar-refractivity contribution in [2.45, 2.75) is 18.9 Å². The molecule has 0 saturated heterocycles. The molecule has 5 heteroatoms. The van der Waals surface area contributed by atoms with Crippen LogP contribution in [0.4, 0.5) is 0 Å². The minimum Gasteiger partial charge on any atom is -0.341 e. The van der Waals surface area contributed by atoms with Crippen molar-refractivity contribution >= 4 is 34.4 Å². The van der Waals surface area contributed by atoms with E-state index in [-0.39, 0.29) is 17.7 Å². The van der Waals surface area contributed by atoms with E-state index < -0.39 is 0 Å². The summed E-state index contributed by atoms with van der Waals surface area (Å²) in [6.07, 6.45) is 1.57. The fourth-order valence-corrected chi connectivity index (χ4v) is 3.65. The lowest BCUT2D eigenvalue weighted by Crippen LogP contribution is -2.42. The first-order valence-corrected chi connectivity index (χ1v) is 7.46. The average Bonchev–Trinajstić information content (AvgIpc) is 3.02. The molecule has 0 aliphatic heterocycles. The number of amides is 1. The van der Waals surface area contributed by atoms with Crippen molar-refractivity contribution in [3.8, 4) is 0 Å². The smallest absolute Gasteiger partial charge is 0.261 e. The molecule has 2 aromatic rings. The van der Waals surface area contributed by atoms with E-state index in [1.54, 1.807) is 17.4 Å². The van der Waals surface area contributed by atoms with Gasteiger partial charge in [-0.1, -0.05) is 6.07 Å². The number of hydrogen-bond donors (Lipinski definition) is 1. The van der Waals surface area contributed by atoms with Crippen molar-refractivity contribution in [3.63, 3.8) is 0 Å². The topological polar surface area (TPSA) is 46.2 Å². The molecule has 1 atom stereocenters. The summed E-state index contributed by atoms with van der Waals surface area (Å²) >= 11 is 3.00. The van der Waals surface area contributed by atoms with Gasteiger partial charge in [-0.3, -0.25) is 9.59 Å². The third-order valence-electron chi connectivity index (χ3n) is 3.04. The average molecular weight is 277 g/mol. The van der Waals surface area contributed by atoms with Crippen LogP contribution in [-0.4, -0.2) is 17.7 Å². The van der Waals surface area contributed by atoms with E-state index in [4.69, 9.17) is 0 Å². The molecule has 1 aliphatic rings. The quantitative estimate of drug-likeness (QED) is 0.917. The van der Waals surface area contributed by atoms with Gasteiger partial charge in [-0.25, -0.2) is 0 Å². The van der Waals surface area contributed by atoms with Crippen LogP contribution in [0.1, 0.15) is 31.3 Å². The maximum atomic E-state index is 12.2. The molecule has 0 saturated carbocycles. The second-order valence-electron chi connectivity index (χ2n) is 4.16. The summed E-state index contributed by atoms with van der Waals surface area (Å²) in [4.78, 5) is 25.9. The van der Waals surface area contributed by atoms with Gasteiger partial charge in [-0.05, 0) is 35.7 Å². The van der Waals surface area contributed by atoms with Crippen molar-refractivity contribution < 1.29 is 9.59 Å². The molecule has 1 amide bonds. The van der Waals surface area contributed by atoms with E-state index in [9.17, 15) is 9.59 Å². The van der Waals surface area contributed by atoms with Crippen molar-refractivity contribution in [1.82, 2.24) is 5.32 Å². The van der Waals surface area contributed by atoms with Gasteiger partial charge in [0.25, 0.3) is 5.91 Å². The number of rotatable bonds is 2. The summed E-state index contributed by atoms with van der Waals surface area (Å²) in [6, 6.07) is 5.08. The monoisotopic (exact) mass is 277 g/mol. The Labute approximate surface area is 112 Å². The van der Waals surface area contributed by atoms with Gasteiger partial charge in [0.1, 0.15) is 0 Å². The van der Waals surface area contributed by atoms with Crippen LogP contribution in [0, 0.1) is 0 Å². The normalized spacial score (nSPS) is 18.4. The number of aryl methyl sites for hydroxylation is 1. The highest BCUT2D eigenvalue weighted by Crippen LogP contribution is 2.26. The number of Topliss-reactive ketones (excluding diaryl/α,β-unsaturated/α-hetero) is 1. The summed E-state index contributed by atoms with van der Waals surface area (Å²) < 4.78 is 0. The van der Waals surface area contributed by atoms with Crippen LogP contribution in [0.5, 0.6) is 0 Å². The first-order valence-electron chi connectivity index (χ1n) is 5.70. The van der Waals surface area contributed by atoms with Crippen LogP contribution in [-0.2, 0) is 6.42 Å². The lowest BCUT2D eigenvalue weighted by Gasteiger charge is -2.21. The minimum atomic E-state index is -0.373. The van der Waals surface area contributed by atoms with Gasteiger partial charge in [0.05, 0.1) is 10.9 Å². The van der Waals surface area contributed by atoms with E-state index in [0.717, 1.165) is 16.9 Å². The maximum Gasteiger partial charge on any atom is 0.261 e. The Balaban J connectivity index is 1.76. The molecule has 0 aromatic carbocycles. The summed E-state index contributed by atoms with van der Waals surface area (Å²) in [5.74, 6) is -0.107. The lowest BCUT2D eigenvalue weighted by atomic mass is 9.93. The number of carbonyl (C=O) groups excluding carboxylic acids is 2. The van der Waals surface area contributed by atoms with Gasteiger partial charge in [0.15, 0.2) is 5.78 Å². The Kier molecular flexibility index (Phi) is 3.01. The molecule has 92 valence electrons. The van der Waals surface area contributed by atoms with Crippen LogP contribution in [0.25, 0.3) is 0 Å². The number of carbonyl (C=O) groups is 2. The molecule has 3 rings (SSSR count). The highest BCUT2D eigenvalue weighted by atomic mass is 32.1. The predicted octanol–water partition coefficient (Wildman–Crippen LogP) is 2.74. The van der Waals surface area contributed by atoms with Crippen LogP contribution in [0.3, 0.4) is 0 Å². The Hall–Kier alpha value is -1.46. The summed E-state index contributed by atoms with van der Waals surface area (Å²) in [6.45, 7) is 0. The molecule has 0 radical (unpaired) electrons. The van der Waals surface area contributed by atoms with Crippen molar-refractivity contribution in [2.75, 3.05) is 0 Å². The summed E-state index contributed by atoms with van der Waals surface area (Å²) in [5, 5.41) is 6.62. The van der Waals surface area contributed by atoms with Gasteiger partial charge in [0.2, 0.25) is 0 Å². The molecule has 0 bridgehead atoms. The molecule has 18 heavy (non-hydrogen) atoms. The van der Waals surface area contributed by atoms with Crippen LogP contribution >= 0.6 is 22.7 Å². The first-order chi connectivity index (χ1) is 8.75. The fourth-order valence-electron chi connectivity index (χ4n) is 2.12. The van der Waals surface area contributed by atoms with Crippen LogP contribution < -0.4 is 5.32 Å². The van der Waals surface area contributed by atoms with E-state index >= 15 is 0 Å². The fraction of sp³-hybridized carbons (Fsp3) is 0.231. The molecule has 1 unspecified atom stereocenters. The van der Waals surface area contributed by atoms with Crippen molar-refractivity contribution in [2.24, 2.45) is 0 Å². The second kappa shape index (κ2) is 4.66. The largest absolute Gasteiger partial charge is 0.341 e. The summed E-state index contributed by atoms with van der Waals surface area (Å²) in [7, 11) is 0. The number of ketones is 1. The molecule has 3 nitrogen and oxygen atoms in total. The zero-order valence-electron chi connectivity index (χ0n) is 9.51. The highest BCUT2D eigenvalue weighted by molar-refractivity contribution is 7.12. The number of fused-ring (bicyclic) bond motifs is 1. The Morgan fingerprint density at radius 2 is 2.17 bits per heavy atom. The lowest BCUT2D eigenvalue weighted by molar-refractivity contribution is 0.0848.